The number of morpholine rings is 1. The zero-order chi connectivity index (χ0) is 12.4. The summed E-state index contributed by atoms with van der Waals surface area (Å²) in [6.07, 6.45) is 0.554. The second-order valence-electron chi connectivity index (χ2n) is 4.79. The van der Waals surface area contributed by atoms with Crippen LogP contribution in [0.1, 0.15) is 19.4 Å². The summed E-state index contributed by atoms with van der Waals surface area (Å²) in [5.74, 6) is 0. The largest absolute Gasteiger partial charge is 0.398 e. The number of rotatable bonds is 2. The number of hydrogen-bond donors (Lipinski definition) is 1. The van der Waals surface area contributed by atoms with Crippen molar-refractivity contribution in [2.24, 2.45) is 0 Å². The third-order valence-electron chi connectivity index (χ3n) is 2.99. The van der Waals surface area contributed by atoms with E-state index in [1.54, 1.807) is 0 Å². The Hall–Kier alpha value is -0.770. The van der Waals surface area contributed by atoms with E-state index in [2.05, 4.69) is 18.7 Å². The third kappa shape index (κ3) is 3.35. The second-order valence-corrected chi connectivity index (χ2v) is 5.23. The van der Waals surface area contributed by atoms with Crippen molar-refractivity contribution in [2.75, 3.05) is 18.8 Å². The Morgan fingerprint density at radius 3 is 2.65 bits per heavy atom. The molecule has 0 aromatic heterocycles. The molecule has 1 aliphatic rings. The molecule has 0 unspecified atom stereocenters. The Labute approximate surface area is 107 Å². The Morgan fingerprint density at radius 1 is 1.35 bits per heavy atom. The van der Waals surface area contributed by atoms with Crippen molar-refractivity contribution in [3.8, 4) is 0 Å². The van der Waals surface area contributed by atoms with Gasteiger partial charge < -0.3 is 10.5 Å². The first-order valence-electron chi connectivity index (χ1n) is 5.96. The van der Waals surface area contributed by atoms with E-state index in [0.29, 0.717) is 0 Å². The van der Waals surface area contributed by atoms with Gasteiger partial charge in [-0.2, -0.15) is 0 Å². The molecule has 3 nitrogen and oxygen atoms in total. The molecule has 94 valence electrons. The minimum Gasteiger partial charge on any atom is -0.398 e. The summed E-state index contributed by atoms with van der Waals surface area (Å²) >= 11 is 5.99. The number of nitrogens with two attached hydrogens (primary N) is 1. The van der Waals surface area contributed by atoms with Gasteiger partial charge in [-0.3, -0.25) is 4.90 Å². The van der Waals surface area contributed by atoms with Crippen LogP contribution in [-0.4, -0.2) is 30.2 Å². The standard InChI is InChI=1S/C13H19ClN2O/c1-9-6-16(7-10(2)17-9)8-11-5-12(14)3-4-13(11)15/h3-5,9-10H,6-8,15H2,1-2H3/t9-,10+. The highest BCUT2D eigenvalue weighted by atomic mass is 35.5. The zero-order valence-corrected chi connectivity index (χ0v) is 11.1. The molecule has 1 fully saturated rings. The minimum atomic E-state index is 0.277. The van der Waals surface area contributed by atoms with Gasteiger partial charge in [0.05, 0.1) is 12.2 Å². The van der Waals surface area contributed by atoms with Crippen LogP contribution in [-0.2, 0) is 11.3 Å². The molecule has 2 rings (SSSR count). The monoisotopic (exact) mass is 254 g/mol. The molecule has 0 bridgehead atoms. The fourth-order valence-corrected chi connectivity index (χ4v) is 2.56. The lowest BCUT2D eigenvalue weighted by Crippen LogP contribution is -2.44. The van der Waals surface area contributed by atoms with Crippen molar-refractivity contribution < 1.29 is 4.74 Å². The van der Waals surface area contributed by atoms with Crippen LogP contribution >= 0.6 is 11.6 Å². The molecule has 0 amide bonds. The molecule has 1 aromatic carbocycles. The lowest BCUT2D eigenvalue weighted by molar-refractivity contribution is -0.0704. The number of ether oxygens (including phenoxy) is 1. The van der Waals surface area contributed by atoms with Gasteiger partial charge in [-0.15, -0.1) is 0 Å². The normalized spacial score (nSPS) is 26.1. The smallest absolute Gasteiger partial charge is 0.0678 e. The van der Waals surface area contributed by atoms with Crippen LogP contribution in [0.4, 0.5) is 5.69 Å². The van der Waals surface area contributed by atoms with E-state index >= 15 is 0 Å². The maximum atomic E-state index is 5.99. The average Bonchev–Trinajstić information content (AvgIpc) is 2.22. The SMILES string of the molecule is C[C@@H]1CN(Cc2cc(Cl)ccc2N)C[C@H](C)O1. The van der Waals surface area contributed by atoms with Crippen LogP contribution in [0.5, 0.6) is 0 Å². The molecule has 1 aliphatic heterocycles. The highest BCUT2D eigenvalue weighted by Crippen LogP contribution is 2.21. The molecule has 4 heteroatoms. The van der Waals surface area contributed by atoms with Crippen LogP contribution in [0.2, 0.25) is 5.02 Å². The van der Waals surface area contributed by atoms with Gasteiger partial charge in [0, 0.05) is 30.3 Å². The van der Waals surface area contributed by atoms with Crippen molar-refractivity contribution in [3.63, 3.8) is 0 Å². The summed E-state index contributed by atoms with van der Waals surface area (Å²) in [7, 11) is 0. The number of benzene rings is 1. The highest BCUT2D eigenvalue weighted by molar-refractivity contribution is 6.30. The molecule has 0 spiro atoms. The first-order chi connectivity index (χ1) is 8.04. The summed E-state index contributed by atoms with van der Waals surface area (Å²) in [6, 6.07) is 5.64. The van der Waals surface area contributed by atoms with Crippen LogP contribution in [0.25, 0.3) is 0 Å². The molecule has 2 atom stereocenters. The number of hydrogen-bond acceptors (Lipinski definition) is 3. The van der Waals surface area contributed by atoms with Gasteiger partial charge in [-0.1, -0.05) is 11.6 Å². The Balaban J connectivity index is 2.07. The van der Waals surface area contributed by atoms with Gasteiger partial charge in [-0.05, 0) is 37.6 Å². The Morgan fingerprint density at radius 2 is 2.00 bits per heavy atom. The molecule has 0 radical (unpaired) electrons. The number of nitrogens with zero attached hydrogens (tertiary/aromatic N) is 1. The third-order valence-corrected chi connectivity index (χ3v) is 3.23. The summed E-state index contributed by atoms with van der Waals surface area (Å²) < 4.78 is 5.71. The lowest BCUT2D eigenvalue weighted by Gasteiger charge is -2.35. The van der Waals surface area contributed by atoms with Crippen molar-refractivity contribution in [1.82, 2.24) is 4.90 Å². The van der Waals surface area contributed by atoms with Crippen LogP contribution in [0.15, 0.2) is 18.2 Å². The summed E-state index contributed by atoms with van der Waals surface area (Å²) in [5.41, 5.74) is 7.86. The minimum absolute atomic E-state index is 0.277. The lowest BCUT2D eigenvalue weighted by atomic mass is 10.1. The fourth-order valence-electron chi connectivity index (χ4n) is 2.37. The molecule has 17 heavy (non-hydrogen) atoms. The second kappa shape index (κ2) is 5.25. The van der Waals surface area contributed by atoms with E-state index < -0.39 is 0 Å². The quantitative estimate of drug-likeness (QED) is 0.825. The van der Waals surface area contributed by atoms with Gasteiger partial charge in [0.25, 0.3) is 0 Å². The maximum absolute atomic E-state index is 5.99. The predicted molar refractivity (Wildman–Crippen MR) is 71.2 cm³/mol. The first-order valence-corrected chi connectivity index (χ1v) is 6.34. The topological polar surface area (TPSA) is 38.5 Å². The van der Waals surface area contributed by atoms with Crippen molar-refractivity contribution in [2.45, 2.75) is 32.6 Å². The zero-order valence-electron chi connectivity index (χ0n) is 10.3. The average molecular weight is 255 g/mol. The van der Waals surface area contributed by atoms with Gasteiger partial charge in [-0.25, -0.2) is 0 Å². The van der Waals surface area contributed by atoms with E-state index in [9.17, 15) is 0 Å². The maximum Gasteiger partial charge on any atom is 0.0678 e. The van der Waals surface area contributed by atoms with Gasteiger partial charge in [0.15, 0.2) is 0 Å². The summed E-state index contributed by atoms with van der Waals surface area (Å²) in [4.78, 5) is 2.36. The molecular formula is C13H19ClN2O. The predicted octanol–water partition coefficient (Wildman–Crippen LogP) is 2.53. The van der Waals surface area contributed by atoms with E-state index in [1.807, 2.05) is 18.2 Å². The van der Waals surface area contributed by atoms with E-state index in [1.165, 1.54) is 0 Å². The van der Waals surface area contributed by atoms with Crippen LogP contribution in [0, 0.1) is 0 Å². The molecule has 2 N–H and O–H groups in total. The number of nitrogen functional groups attached to an aromatic ring is 1. The first kappa shape index (κ1) is 12.7. The highest BCUT2D eigenvalue weighted by Gasteiger charge is 2.22. The molecule has 1 saturated heterocycles. The number of anilines is 1. The van der Waals surface area contributed by atoms with Crippen molar-refractivity contribution >= 4 is 17.3 Å². The molecule has 1 aromatic rings. The van der Waals surface area contributed by atoms with Crippen LogP contribution < -0.4 is 5.73 Å². The summed E-state index contributed by atoms with van der Waals surface area (Å²) in [5, 5.41) is 0.739. The molecule has 1 heterocycles. The summed E-state index contributed by atoms with van der Waals surface area (Å²) in [6.45, 7) is 6.92. The van der Waals surface area contributed by atoms with Crippen molar-refractivity contribution in [1.29, 1.82) is 0 Å². The van der Waals surface area contributed by atoms with Gasteiger partial charge in [0.2, 0.25) is 0 Å². The Bertz CT molecular complexity index is 387. The Kier molecular flexibility index (Phi) is 3.92. The molecule has 0 aliphatic carbocycles. The fraction of sp³-hybridized carbons (Fsp3) is 0.538. The van der Waals surface area contributed by atoms with Gasteiger partial charge >= 0.3 is 0 Å². The molecular weight excluding hydrogens is 236 g/mol. The number of halogens is 1. The van der Waals surface area contributed by atoms with E-state index in [4.69, 9.17) is 22.1 Å². The van der Waals surface area contributed by atoms with E-state index in [0.717, 1.165) is 35.9 Å². The van der Waals surface area contributed by atoms with Crippen LogP contribution in [0.3, 0.4) is 0 Å². The van der Waals surface area contributed by atoms with Crippen molar-refractivity contribution in [3.05, 3.63) is 28.8 Å². The molecule has 0 saturated carbocycles. The van der Waals surface area contributed by atoms with E-state index in [-0.39, 0.29) is 12.2 Å². The van der Waals surface area contributed by atoms with Gasteiger partial charge in [0.1, 0.15) is 0 Å².